The lowest BCUT2D eigenvalue weighted by Crippen LogP contribution is -2.25. The maximum Gasteiger partial charge on any atom is 0.341 e. The summed E-state index contributed by atoms with van der Waals surface area (Å²) >= 11 is 0. The number of methoxy groups -OCH3 is 1. The fourth-order valence-electron chi connectivity index (χ4n) is 7.64. The first kappa shape index (κ1) is 42.2. The molecule has 3 aromatic carbocycles. The molecule has 0 heterocycles. The van der Waals surface area contributed by atoms with Gasteiger partial charge in [0.05, 0.1) is 18.2 Å². The molecular formula is C46H56O10. The van der Waals surface area contributed by atoms with Crippen molar-refractivity contribution in [1.29, 1.82) is 0 Å². The predicted octanol–water partition coefficient (Wildman–Crippen LogP) is 9.58. The van der Waals surface area contributed by atoms with Gasteiger partial charge in [-0.05, 0) is 142 Å². The van der Waals surface area contributed by atoms with E-state index in [4.69, 9.17) is 23.7 Å². The molecule has 0 amide bonds. The molecule has 5 rings (SSSR count). The second-order valence-corrected chi connectivity index (χ2v) is 15.2. The highest BCUT2D eigenvalue weighted by Crippen LogP contribution is 2.33. The van der Waals surface area contributed by atoms with Crippen molar-refractivity contribution in [1.82, 2.24) is 0 Å². The summed E-state index contributed by atoms with van der Waals surface area (Å²) in [5.41, 5.74) is 3.51. The number of benzene rings is 3. The lowest BCUT2D eigenvalue weighted by atomic mass is 9.84. The molecule has 2 saturated carbocycles. The van der Waals surface area contributed by atoms with Gasteiger partial charge < -0.3 is 23.7 Å². The van der Waals surface area contributed by atoms with E-state index in [1.165, 1.54) is 36.4 Å². The van der Waals surface area contributed by atoms with Crippen molar-refractivity contribution in [2.45, 2.75) is 129 Å². The molecule has 3 aromatic rings. The number of carbonyl (C=O) groups excluding carboxylic acids is 5. The minimum Gasteiger partial charge on any atom is -0.465 e. The topological polar surface area (TPSA) is 132 Å². The fraction of sp³-hybridized carbons (Fsp3) is 0.500. The Morgan fingerprint density at radius 3 is 1.43 bits per heavy atom. The molecule has 56 heavy (non-hydrogen) atoms. The number of aryl methyl sites for hydroxylation is 2. The highest BCUT2D eigenvalue weighted by Gasteiger charge is 2.27. The average Bonchev–Trinajstić information content (AvgIpc) is 3.21. The van der Waals surface area contributed by atoms with Crippen LogP contribution in [0.25, 0.3) is 0 Å². The van der Waals surface area contributed by atoms with E-state index in [0.717, 1.165) is 77.0 Å². The minimum atomic E-state index is -0.721. The Morgan fingerprint density at radius 2 is 1.00 bits per heavy atom. The van der Waals surface area contributed by atoms with E-state index in [9.17, 15) is 24.0 Å². The SMILES string of the molecule is CCCc1ccc(C(=O)OC2CCC(CCC(=O)Oc3ccc(OC(=O)CCC4CCC(OC(=O)c5ccc(CCC)cc5)CC4)c(C(=O)OC)c3)CC2)cc1. The molecule has 0 saturated heterocycles. The Bertz CT molecular complexity index is 1760. The first-order valence-electron chi connectivity index (χ1n) is 20.4. The quantitative estimate of drug-likeness (QED) is 0.0743. The summed E-state index contributed by atoms with van der Waals surface area (Å²) in [6.07, 6.45) is 11.7. The van der Waals surface area contributed by atoms with Gasteiger partial charge in [0.1, 0.15) is 29.3 Å². The summed E-state index contributed by atoms with van der Waals surface area (Å²) in [5.74, 6) is -1.45. The van der Waals surface area contributed by atoms with Crippen LogP contribution in [0.5, 0.6) is 11.5 Å². The fourth-order valence-corrected chi connectivity index (χ4v) is 7.64. The molecule has 2 aliphatic rings. The zero-order chi connectivity index (χ0) is 39.9. The van der Waals surface area contributed by atoms with Crippen LogP contribution in [0.1, 0.15) is 146 Å². The first-order chi connectivity index (χ1) is 27.1. The molecule has 0 unspecified atom stereocenters. The molecule has 2 fully saturated rings. The van der Waals surface area contributed by atoms with Crippen molar-refractivity contribution in [2.75, 3.05) is 7.11 Å². The van der Waals surface area contributed by atoms with Gasteiger partial charge in [-0.1, -0.05) is 51.0 Å². The molecule has 2 aliphatic carbocycles. The second-order valence-electron chi connectivity index (χ2n) is 15.2. The number of esters is 5. The van der Waals surface area contributed by atoms with E-state index in [2.05, 4.69) is 13.8 Å². The van der Waals surface area contributed by atoms with Crippen molar-refractivity contribution < 1.29 is 47.7 Å². The van der Waals surface area contributed by atoms with Gasteiger partial charge in [-0.3, -0.25) is 9.59 Å². The largest absolute Gasteiger partial charge is 0.465 e. The Balaban J connectivity index is 1.01. The number of carbonyl (C=O) groups is 5. The van der Waals surface area contributed by atoms with Crippen LogP contribution in [0.3, 0.4) is 0 Å². The van der Waals surface area contributed by atoms with Gasteiger partial charge in [-0.15, -0.1) is 0 Å². The van der Waals surface area contributed by atoms with Crippen LogP contribution >= 0.6 is 0 Å². The molecular weight excluding hydrogens is 712 g/mol. The number of rotatable bonds is 17. The van der Waals surface area contributed by atoms with E-state index in [-0.39, 0.29) is 54.1 Å². The van der Waals surface area contributed by atoms with E-state index in [0.29, 0.717) is 35.8 Å². The van der Waals surface area contributed by atoms with Gasteiger partial charge >= 0.3 is 29.8 Å². The monoisotopic (exact) mass is 768 g/mol. The third-order valence-electron chi connectivity index (χ3n) is 10.9. The zero-order valence-corrected chi connectivity index (χ0v) is 33.1. The van der Waals surface area contributed by atoms with Crippen molar-refractivity contribution in [2.24, 2.45) is 11.8 Å². The average molecular weight is 769 g/mol. The summed E-state index contributed by atoms with van der Waals surface area (Å²) in [6.45, 7) is 4.24. The molecule has 0 bridgehead atoms. The van der Waals surface area contributed by atoms with Gasteiger partial charge in [0.25, 0.3) is 0 Å². The van der Waals surface area contributed by atoms with Gasteiger partial charge in [0.15, 0.2) is 0 Å². The molecule has 10 nitrogen and oxygen atoms in total. The highest BCUT2D eigenvalue weighted by molar-refractivity contribution is 5.94. The summed E-state index contributed by atoms with van der Waals surface area (Å²) in [6, 6.07) is 19.5. The van der Waals surface area contributed by atoms with Gasteiger partial charge in [0.2, 0.25) is 0 Å². The molecule has 0 spiro atoms. The van der Waals surface area contributed by atoms with Crippen LogP contribution in [0.2, 0.25) is 0 Å². The molecule has 0 radical (unpaired) electrons. The normalized spacial score (nSPS) is 19.3. The Hall–Kier alpha value is -4.99. The molecule has 0 aromatic heterocycles. The van der Waals surface area contributed by atoms with E-state index < -0.39 is 17.9 Å². The van der Waals surface area contributed by atoms with E-state index in [1.54, 1.807) is 0 Å². The highest BCUT2D eigenvalue weighted by atomic mass is 16.6. The molecule has 0 atom stereocenters. The van der Waals surface area contributed by atoms with Crippen molar-refractivity contribution in [3.05, 3.63) is 94.5 Å². The first-order valence-corrected chi connectivity index (χ1v) is 20.4. The molecule has 300 valence electrons. The number of hydrogen-bond donors (Lipinski definition) is 0. The van der Waals surface area contributed by atoms with Gasteiger partial charge in [-0.2, -0.15) is 0 Å². The molecule has 0 aliphatic heterocycles. The van der Waals surface area contributed by atoms with Crippen molar-refractivity contribution in [3.8, 4) is 11.5 Å². The second kappa shape index (κ2) is 21.3. The van der Waals surface area contributed by atoms with Crippen LogP contribution in [-0.4, -0.2) is 49.2 Å². The number of ether oxygens (including phenoxy) is 5. The summed E-state index contributed by atoms with van der Waals surface area (Å²) in [5, 5.41) is 0. The number of hydrogen-bond acceptors (Lipinski definition) is 10. The summed E-state index contributed by atoms with van der Waals surface area (Å²) < 4.78 is 27.6. The predicted molar refractivity (Wildman–Crippen MR) is 211 cm³/mol. The van der Waals surface area contributed by atoms with Crippen LogP contribution < -0.4 is 9.47 Å². The zero-order valence-electron chi connectivity index (χ0n) is 33.1. The van der Waals surface area contributed by atoms with Crippen LogP contribution in [0, 0.1) is 11.8 Å². The molecule has 0 N–H and O–H groups in total. The van der Waals surface area contributed by atoms with Crippen molar-refractivity contribution in [3.63, 3.8) is 0 Å². The smallest absolute Gasteiger partial charge is 0.341 e. The lowest BCUT2D eigenvalue weighted by molar-refractivity contribution is -0.136. The lowest BCUT2D eigenvalue weighted by Gasteiger charge is -2.28. The minimum absolute atomic E-state index is 0.0155. The maximum absolute atomic E-state index is 12.9. The Morgan fingerprint density at radius 1 is 0.554 bits per heavy atom. The molecule has 10 heteroatoms. The summed E-state index contributed by atoms with van der Waals surface area (Å²) in [4.78, 5) is 63.6. The Labute approximate surface area is 330 Å². The van der Waals surface area contributed by atoms with Crippen molar-refractivity contribution >= 4 is 29.8 Å². The summed E-state index contributed by atoms with van der Waals surface area (Å²) in [7, 11) is 1.23. The van der Waals surface area contributed by atoms with Crippen LogP contribution in [0.4, 0.5) is 0 Å². The third kappa shape index (κ3) is 12.8. The Kier molecular flexibility index (Phi) is 16.1. The van der Waals surface area contributed by atoms with Crippen LogP contribution in [0.15, 0.2) is 66.7 Å². The van der Waals surface area contributed by atoms with Crippen LogP contribution in [-0.2, 0) is 36.6 Å². The van der Waals surface area contributed by atoms with E-state index >= 15 is 0 Å². The third-order valence-corrected chi connectivity index (χ3v) is 10.9. The van der Waals surface area contributed by atoms with Gasteiger partial charge in [0, 0.05) is 12.8 Å². The van der Waals surface area contributed by atoms with E-state index in [1.807, 2.05) is 48.5 Å². The van der Waals surface area contributed by atoms with Gasteiger partial charge in [-0.25, -0.2) is 14.4 Å². The standard InChI is InChI=1S/C46H56O10/c1-4-6-31-8-18-35(19-9-31)44(49)54-37-22-12-33(13-23-37)16-28-42(47)53-39-26-27-41(40(30-39)46(51)52-3)56-43(48)29-17-34-14-24-38(25-15-34)55-45(50)36-20-10-32(7-5-2)11-21-36/h8-11,18-21,26-27,30,33-34,37-38H,4-7,12-17,22-25,28-29H2,1-3H3. The maximum atomic E-state index is 12.9.